The molecule has 6 nitrogen and oxygen atoms in total. The van der Waals surface area contributed by atoms with E-state index in [0.29, 0.717) is 24.1 Å². The van der Waals surface area contributed by atoms with Gasteiger partial charge in [-0.05, 0) is 12.8 Å². The number of nitrogens with zero attached hydrogens (tertiary/aromatic N) is 2. The molecule has 0 bridgehead atoms. The van der Waals surface area contributed by atoms with Gasteiger partial charge in [0.25, 0.3) is 0 Å². The molecule has 0 unspecified atom stereocenters. The van der Waals surface area contributed by atoms with Gasteiger partial charge in [-0.2, -0.15) is 18.3 Å². The highest BCUT2D eigenvalue weighted by molar-refractivity contribution is 5.72. The van der Waals surface area contributed by atoms with E-state index in [1.54, 1.807) is 0 Å². The van der Waals surface area contributed by atoms with E-state index in [2.05, 4.69) is 19.9 Å². The molecule has 2 aromatic heterocycles. The van der Waals surface area contributed by atoms with Gasteiger partial charge in [0.05, 0.1) is 17.8 Å². The molecule has 0 fully saturated rings. The quantitative estimate of drug-likeness (QED) is 0.820. The second kappa shape index (κ2) is 6.34. The van der Waals surface area contributed by atoms with E-state index < -0.39 is 30.5 Å². The summed E-state index contributed by atoms with van der Waals surface area (Å²) in [7, 11) is 0. The van der Waals surface area contributed by atoms with Crippen LogP contribution in [0, 0.1) is 11.7 Å². The van der Waals surface area contributed by atoms with Crippen LogP contribution in [0.25, 0.3) is 11.3 Å². The third kappa shape index (κ3) is 3.72. The van der Waals surface area contributed by atoms with Gasteiger partial charge in [0.15, 0.2) is 12.4 Å². The van der Waals surface area contributed by atoms with Crippen LogP contribution < -0.4 is 4.74 Å². The summed E-state index contributed by atoms with van der Waals surface area (Å²) in [5, 5.41) is 15.8. The molecule has 0 radical (unpaired) electrons. The fourth-order valence-corrected chi connectivity index (χ4v) is 2.78. The zero-order chi connectivity index (χ0) is 18.2. The Kier molecular flexibility index (Phi) is 4.36. The first-order valence-electron chi connectivity index (χ1n) is 7.39. The maximum Gasteiger partial charge on any atom is 0.422 e. The van der Waals surface area contributed by atoms with E-state index in [9.17, 15) is 22.4 Å². The molecule has 0 saturated heterocycles. The van der Waals surface area contributed by atoms with Gasteiger partial charge in [-0.1, -0.05) is 0 Å². The number of rotatable bonds is 4. The van der Waals surface area contributed by atoms with Crippen molar-refractivity contribution in [2.75, 3.05) is 6.61 Å². The molecule has 1 aliphatic carbocycles. The average Bonchev–Trinajstić information content (AvgIpc) is 2.96. The van der Waals surface area contributed by atoms with Crippen molar-refractivity contribution in [3.05, 3.63) is 29.3 Å². The Morgan fingerprint density at radius 2 is 2.20 bits per heavy atom. The first kappa shape index (κ1) is 17.2. The van der Waals surface area contributed by atoms with Gasteiger partial charge in [0.1, 0.15) is 0 Å². The summed E-state index contributed by atoms with van der Waals surface area (Å²) in [5.74, 6) is -2.59. The minimum Gasteiger partial charge on any atom is -0.481 e. The Labute approximate surface area is 138 Å². The van der Waals surface area contributed by atoms with Crippen molar-refractivity contribution in [1.82, 2.24) is 15.2 Å². The molecular formula is C15H13F4N3O3. The number of halogens is 4. The van der Waals surface area contributed by atoms with E-state index in [1.807, 2.05) is 0 Å². The summed E-state index contributed by atoms with van der Waals surface area (Å²) in [6.07, 6.45) is -2.78. The van der Waals surface area contributed by atoms with E-state index in [-0.39, 0.29) is 23.6 Å². The highest BCUT2D eigenvalue weighted by Gasteiger charge is 2.30. The van der Waals surface area contributed by atoms with Crippen molar-refractivity contribution in [3.8, 4) is 17.1 Å². The predicted octanol–water partition coefficient (Wildman–Crippen LogP) is 2.74. The Hall–Kier alpha value is -2.65. The highest BCUT2D eigenvalue weighted by atomic mass is 19.4. The number of carboxylic acid groups (broad SMARTS) is 1. The van der Waals surface area contributed by atoms with Crippen LogP contribution in [0.2, 0.25) is 0 Å². The van der Waals surface area contributed by atoms with Crippen LogP contribution in [-0.2, 0) is 17.6 Å². The molecule has 0 saturated carbocycles. The van der Waals surface area contributed by atoms with E-state index in [0.717, 1.165) is 12.3 Å². The molecule has 134 valence electrons. The van der Waals surface area contributed by atoms with Crippen molar-refractivity contribution in [2.24, 2.45) is 5.92 Å². The number of carbonyl (C=O) groups is 1. The number of aromatic nitrogens is 3. The van der Waals surface area contributed by atoms with Crippen LogP contribution in [-0.4, -0.2) is 39.0 Å². The molecule has 2 N–H and O–H groups in total. The lowest BCUT2D eigenvalue weighted by molar-refractivity contribution is -0.154. The monoisotopic (exact) mass is 359 g/mol. The summed E-state index contributed by atoms with van der Waals surface area (Å²) in [5.41, 5.74) is 1.43. The van der Waals surface area contributed by atoms with E-state index >= 15 is 0 Å². The number of hydrogen-bond donors (Lipinski definition) is 2. The number of H-pyrrole nitrogens is 1. The summed E-state index contributed by atoms with van der Waals surface area (Å²) in [6.45, 7) is -1.54. The molecule has 10 heteroatoms. The van der Waals surface area contributed by atoms with Crippen LogP contribution in [0.3, 0.4) is 0 Å². The number of carboxylic acids is 1. The van der Waals surface area contributed by atoms with Crippen molar-refractivity contribution >= 4 is 5.97 Å². The molecule has 0 aliphatic heterocycles. The van der Waals surface area contributed by atoms with E-state index in [4.69, 9.17) is 5.11 Å². The van der Waals surface area contributed by atoms with Crippen molar-refractivity contribution < 1.29 is 32.2 Å². The second-order valence-electron chi connectivity index (χ2n) is 5.71. The van der Waals surface area contributed by atoms with Gasteiger partial charge in [-0.25, -0.2) is 9.37 Å². The zero-order valence-corrected chi connectivity index (χ0v) is 12.7. The van der Waals surface area contributed by atoms with Gasteiger partial charge in [-0.15, -0.1) is 0 Å². The SMILES string of the molecule is O=C(O)[C@@H]1CCc2c(-c3cc(OCC(F)(F)F)ncc3F)n[nH]c2C1. The molecule has 2 aromatic rings. The normalized spacial score (nSPS) is 17.2. The predicted molar refractivity (Wildman–Crippen MR) is 76.5 cm³/mol. The summed E-state index contributed by atoms with van der Waals surface area (Å²) >= 11 is 0. The second-order valence-corrected chi connectivity index (χ2v) is 5.71. The molecule has 0 spiro atoms. The third-order valence-electron chi connectivity index (χ3n) is 3.96. The topological polar surface area (TPSA) is 88.1 Å². The number of fused-ring (bicyclic) bond motifs is 1. The molecule has 0 amide bonds. The maximum atomic E-state index is 14.1. The molecular weight excluding hydrogens is 346 g/mol. The fourth-order valence-electron chi connectivity index (χ4n) is 2.78. The summed E-state index contributed by atoms with van der Waals surface area (Å²) in [4.78, 5) is 14.6. The number of aromatic amines is 1. The minimum atomic E-state index is -4.53. The average molecular weight is 359 g/mol. The Bertz CT molecular complexity index is 804. The number of ether oxygens (including phenoxy) is 1. The number of pyridine rings is 1. The van der Waals surface area contributed by atoms with Crippen molar-refractivity contribution in [1.29, 1.82) is 0 Å². The van der Waals surface area contributed by atoms with Crippen molar-refractivity contribution in [2.45, 2.75) is 25.4 Å². The number of alkyl halides is 3. The largest absolute Gasteiger partial charge is 0.481 e. The van der Waals surface area contributed by atoms with Crippen LogP contribution in [0.4, 0.5) is 17.6 Å². The molecule has 1 atom stereocenters. The molecule has 0 aromatic carbocycles. The fraction of sp³-hybridized carbons (Fsp3) is 0.400. The van der Waals surface area contributed by atoms with Gasteiger partial charge in [0, 0.05) is 29.3 Å². The van der Waals surface area contributed by atoms with E-state index in [1.165, 1.54) is 0 Å². The van der Waals surface area contributed by atoms with Crippen LogP contribution in [0.1, 0.15) is 17.7 Å². The minimum absolute atomic E-state index is 0.0431. The molecule has 3 rings (SSSR count). The summed E-state index contributed by atoms with van der Waals surface area (Å²) < 4.78 is 55.3. The number of aliphatic carboxylic acids is 1. The van der Waals surface area contributed by atoms with Crippen molar-refractivity contribution in [3.63, 3.8) is 0 Å². The lowest BCUT2D eigenvalue weighted by Gasteiger charge is -2.18. The highest BCUT2D eigenvalue weighted by Crippen LogP contribution is 2.34. The standard InChI is InChI=1S/C15H13F4N3O3/c16-10-5-20-12(25-6-15(17,18)19)4-9(10)13-8-2-1-7(14(23)24)3-11(8)21-22-13/h4-5,7H,1-3,6H2,(H,21,22)(H,23,24)/t7-/m1/s1. The van der Waals surface area contributed by atoms with Gasteiger partial charge in [-0.3, -0.25) is 9.89 Å². The Morgan fingerprint density at radius 1 is 1.44 bits per heavy atom. The van der Waals surface area contributed by atoms with Crippen LogP contribution in [0.5, 0.6) is 5.88 Å². The Balaban J connectivity index is 1.89. The number of hydrogen-bond acceptors (Lipinski definition) is 4. The first-order chi connectivity index (χ1) is 11.7. The summed E-state index contributed by atoms with van der Waals surface area (Å²) in [6, 6.07) is 1.06. The maximum absolute atomic E-state index is 14.1. The smallest absolute Gasteiger partial charge is 0.422 e. The first-order valence-corrected chi connectivity index (χ1v) is 7.39. The third-order valence-corrected chi connectivity index (χ3v) is 3.96. The zero-order valence-electron chi connectivity index (χ0n) is 12.7. The van der Waals surface area contributed by atoms with Gasteiger partial charge in [0.2, 0.25) is 5.88 Å². The lowest BCUT2D eigenvalue weighted by Crippen LogP contribution is -2.22. The molecule has 25 heavy (non-hydrogen) atoms. The lowest BCUT2D eigenvalue weighted by atomic mass is 9.86. The van der Waals surface area contributed by atoms with Gasteiger partial charge >= 0.3 is 12.1 Å². The molecule has 1 aliphatic rings. The van der Waals surface area contributed by atoms with Gasteiger partial charge < -0.3 is 9.84 Å². The number of nitrogens with one attached hydrogen (secondary N) is 1. The molecule has 2 heterocycles. The Morgan fingerprint density at radius 3 is 2.88 bits per heavy atom. The van der Waals surface area contributed by atoms with Crippen LogP contribution >= 0.6 is 0 Å². The van der Waals surface area contributed by atoms with Crippen LogP contribution in [0.15, 0.2) is 12.3 Å².